The van der Waals surface area contributed by atoms with Gasteiger partial charge in [-0.2, -0.15) is 0 Å². The van der Waals surface area contributed by atoms with Crippen LogP contribution >= 0.6 is 27.5 Å². The third kappa shape index (κ3) is 3.99. The Morgan fingerprint density at radius 3 is 2.48 bits per heavy atom. The van der Waals surface area contributed by atoms with Gasteiger partial charge in [0.2, 0.25) is 0 Å². The molecular weight excluding hydrogens is 352 g/mol. The van der Waals surface area contributed by atoms with E-state index in [0.717, 1.165) is 5.69 Å². The molecule has 0 heterocycles. The number of hydrogen-bond acceptors (Lipinski definition) is 2. The fraction of sp³-hybridized carbons (Fsp3) is 0.188. The second kappa shape index (κ2) is 6.96. The smallest absolute Gasteiger partial charge is 0.257 e. The molecule has 5 heteroatoms. The molecule has 0 atom stereocenters. The molecule has 0 aliphatic rings. The average molecular weight is 368 g/mol. The number of carbonyl (C=O) groups excluding carboxylic acids is 1. The molecule has 0 bridgehead atoms. The number of hydrogen-bond donors (Lipinski definition) is 2. The monoisotopic (exact) mass is 366 g/mol. The summed E-state index contributed by atoms with van der Waals surface area (Å²) < 4.78 is 0.675. The van der Waals surface area contributed by atoms with Gasteiger partial charge in [0.15, 0.2) is 0 Å². The van der Waals surface area contributed by atoms with Gasteiger partial charge in [-0.05, 0) is 54.0 Å². The first-order valence-electron chi connectivity index (χ1n) is 6.60. The van der Waals surface area contributed by atoms with E-state index in [2.05, 4.69) is 26.6 Å². The first kappa shape index (κ1) is 15.9. The van der Waals surface area contributed by atoms with Gasteiger partial charge < -0.3 is 10.6 Å². The van der Waals surface area contributed by atoms with E-state index >= 15 is 0 Å². The second-order valence-corrected chi connectivity index (χ2v) is 6.10. The summed E-state index contributed by atoms with van der Waals surface area (Å²) in [6, 6.07) is 13.0. The van der Waals surface area contributed by atoms with Crippen LogP contribution in [0.25, 0.3) is 0 Å². The molecule has 110 valence electrons. The van der Waals surface area contributed by atoms with Crippen molar-refractivity contribution in [3.8, 4) is 0 Å². The van der Waals surface area contributed by atoms with Crippen molar-refractivity contribution in [3.05, 3.63) is 57.5 Å². The van der Waals surface area contributed by atoms with Crippen LogP contribution < -0.4 is 10.6 Å². The van der Waals surface area contributed by atoms with Crippen LogP contribution in [-0.2, 0) is 0 Å². The van der Waals surface area contributed by atoms with Crippen LogP contribution in [0.1, 0.15) is 24.2 Å². The Morgan fingerprint density at radius 1 is 1.10 bits per heavy atom. The molecule has 0 aliphatic heterocycles. The molecule has 2 N–H and O–H groups in total. The van der Waals surface area contributed by atoms with Crippen molar-refractivity contribution in [2.24, 2.45) is 0 Å². The van der Waals surface area contributed by atoms with E-state index in [1.54, 1.807) is 24.3 Å². The van der Waals surface area contributed by atoms with E-state index in [1.807, 2.05) is 32.0 Å². The van der Waals surface area contributed by atoms with Gasteiger partial charge in [0.05, 0.1) is 20.7 Å². The van der Waals surface area contributed by atoms with Crippen molar-refractivity contribution < 1.29 is 4.79 Å². The van der Waals surface area contributed by atoms with E-state index in [9.17, 15) is 4.79 Å². The molecule has 0 aromatic heterocycles. The highest BCUT2D eigenvalue weighted by molar-refractivity contribution is 9.10. The molecule has 2 aromatic rings. The van der Waals surface area contributed by atoms with Gasteiger partial charge in [-0.25, -0.2) is 0 Å². The molecule has 2 rings (SSSR count). The Morgan fingerprint density at radius 2 is 1.76 bits per heavy atom. The highest BCUT2D eigenvalue weighted by Crippen LogP contribution is 2.30. The Kier molecular flexibility index (Phi) is 5.26. The molecular formula is C16H16BrClN2O. The van der Waals surface area contributed by atoms with E-state index in [-0.39, 0.29) is 11.9 Å². The predicted octanol–water partition coefficient (Wildman–Crippen LogP) is 5.18. The Hall–Kier alpha value is -1.52. The standard InChI is InChI=1S/C16H16BrClN2O/c1-10(2)19-13-8-4-3-6-11(13)16(21)20-14-9-5-7-12(18)15(14)17/h3-10,19H,1-2H3,(H,20,21). The van der Waals surface area contributed by atoms with Crippen molar-refractivity contribution in [1.82, 2.24) is 0 Å². The summed E-state index contributed by atoms with van der Waals surface area (Å²) in [5, 5.41) is 6.69. The normalized spacial score (nSPS) is 10.5. The molecule has 2 aromatic carbocycles. The molecule has 0 aliphatic carbocycles. The van der Waals surface area contributed by atoms with Crippen molar-refractivity contribution >= 4 is 44.8 Å². The number of halogens is 2. The summed E-state index contributed by atoms with van der Waals surface area (Å²) in [4.78, 5) is 12.5. The van der Waals surface area contributed by atoms with Gasteiger partial charge in [0, 0.05) is 11.7 Å². The quantitative estimate of drug-likeness (QED) is 0.782. The van der Waals surface area contributed by atoms with E-state index in [4.69, 9.17) is 11.6 Å². The molecule has 1 amide bonds. The molecule has 0 saturated heterocycles. The van der Waals surface area contributed by atoms with Crippen LogP contribution in [0, 0.1) is 0 Å². The van der Waals surface area contributed by atoms with Gasteiger partial charge in [-0.3, -0.25) is 4.79 Å². The fourth-order valence-corrected chi connectivity index (χ4v) is 2.45. The molecule has 0 unspecified atom stereocenters. The van der Waals surface area contributed by atoms with Crippen molar-refractivity contribution in [3.63, 3.8) is 0 Å². The van der Waals surface area contributed by atoms with Crippen LogP contribution in [0.5, 0.6) is 0 Å². The molecule has 0 radical (unpaired) electrons. The van der Waals surface area contributed by atoms with E-state index < -0.39 is 0 Å². The maximum atomic E-state index is 12.5. The van der Waals surface area contributed by atoms with Crippen molar-refractivity contribution in [2.75, 3.05) is 10.6 Å². The summed E-state index contributed by atoms with van der Waals surface area (Å²) in [6.07, 6.45) is 0. The second-order valence-electron chi connectivity index (χ2n) is 4.90. The SMILES string of the molecule is CC(C)Nc1ccccc1C(=O)Nc1cccc(Cl)c1Br. The molecule has 3 nitrogen and oxygen atoms in total. The third-order valence-corrected chi connectivity index (χ3v) is 4.21. The number of benzene rings is 2. The number of para-hydroxylation sites is 1. The number of nitrogens with one attached hydrogen (secondary N) is 2. The molecule has 21 heavy (non-hydrogen) atoms. The lowest BCUT2D eigenvalue weighted by Gasteiger charge is -2.15. The molecule has 0 saturated carbocycles. The third-order valence-electron chi connectivity index (χ3n) is 2.82. The number of rotatable bonds is 4. The Balaban J connectivity index is 2.27. The number of amides is 1. The van der Waals surface area contributed by atoms with Crippen LogP contribution in [0.3, 0.4) is 0 Å². The van der Waals surface area contributed by atoms with Crippen LogP contribution in [0.4, 0.5) is 11.4 Å². The zero-order valence-electron chi connectivity index (χ0n) is 11.8. The first-order chi connectivity index (χ1) is 9.99. The lowest BCUT2D eigenvalue weighted by atomic mass is 10.1. The maximum Gasteiger partial charge on any atom is 0.257 e. The average Bonchev–Trinajstić information content (AvgIpc) is 2.44. The van der Waals surface area contributed by atoms with Gasteiger partial charge in [-0.15, -0.1) is 0 Å². The molecule has 0 fully saturated rings. The first-order valence-corrected chi connectivity index (χ1v) is 7.77. The maximum absolute atomic E-state index is 12.5. The minimum Gasteiger partial charge on any atom is -0.382 e. The minimum atomic E-state index is -0.179. The van der Waals surface area contributed by atoms with Crippen molar-refractivity contribution in [1.29, 1.82) is 0 Å². The van der Waals surface area contributed by atoms with E-state index in [0.29, 0.717) is 20.7 Å². The Labute approximate surface area is 137 Å². The summed E-state index contributed by atoms with van der Waals surface area (Å²) in [5.41, 5.74) is 2.05. The number of carbonyl (C=O) groups is 1. The Bertz CT molecular complexity index is 658. The largest absolute Gasteiger partial charge is 0.382 e. The van der Waals surface area contributed by atoms with Gasteiger partial charge in [0.1, 0.15) is 0 Å². The van der Waals surface area contributed by atoms with Crippen LogP contribution in [-0.4, -0.2) is 11.9 Å². The summed E-state index contributed by atoms with van der Waals surface area (Å²) in [5.74, 6) is -0.179. The summed E-state index contributed by atoms with van der Waals surface area (Å²) >= 11 is 9.41. The predicted molar refractivity (Wildman–Crippen MR) is 92.3 cm³/mol. The van der Waals surface area contributed by atoms with Crippen molar-refractivity contribution in [2.45, 2.75) is 19.9 Å². The van der Waals surface area contributed by atoms with Gasteiger partial charge >= 0.3 is 0 Å². The molecule has 0 spiro atoms. The topological polar surface area (TPSA) is 41.1 Å². The lowest BCUT2D eigenvalue weighted by Crippen LogP contribution is -2.17. The van der Waals surface area contributed by atoms with E-state index in [1.165, 1.54) is 0 Å². The summed E-state index contributed by atoms with van der Waals surface area (Å²) in [6.45, 7) is 4.06. The summed E-state index contributed by atoms with van der Waals surface area (Å²) in [7, 11) is 0. The highest BCUT2D eigenvalue weighted by atomic mass is 79.9. The van der Waals surface area contributed by atoms with Crippen LogP contribution in [0.15, 0.2) is 46.9 Å². The fourth-order valence-electron chi connectivity index (χ4n) is 1.91. The zero-order valence-corrected chi connectivity index (χ0v) is 14.1. The van der Waals surface area contributed by atoms with Gasteiger partial charge in [0.25, 0.3) is 5.91 Å². The zero-order chi connectivity index (χ0) is 15.4. The van der Waals surface area contributed by atoms with Crippen LogP contribution in [0.2, 0.25) is 5.02 Å². The minimum absolute atomic E-state index is 0.179. The lowest BCUT2D eigenvalue weighted by molar-refractivity contribution is 0.102. The van der Waals surface area contributed by atoms with Gasteiger partial charge in [-0.1, -0.05) is 29.8 Å². The number of anilines is 2. The highest BCUT2D eigenvalue weighted by Gasteiger charge is 2.13.